The first kappa shape index (κ1) is 13.9. The number of carbonyl (C=O) groups excluding carboxylic acids is 1. The normalized spacial score (nSPS) is 14.1. The number of fused-ring (bicyclic) bond motifs is 1. The molecule has 0 spiro atoms. The van der Waals surface area contributed by atoms with Crippen LogP contribution in [-0.4, -0.2) is 28.4 Å². The summed E-state index contributed by atoms with van der Waals surface area (Å²) in [6.07, 6.45) is 6.99. The lowest BCUT2D eigenvalue weighted by Gasteiger charge is -2.31. The van der Waals surface area contributed by atoms with E-state index in [0.29, 0.717) is 0 Å². The van der Waals surface area contributed by atoms with E-state index < -0.39 is 0 Å². The maximum absolute atomic E-state index is 11.5. The van der Waals surface area contributed by atoms with E-state index in [4.69, 9.17) is 0 Å². The Morgan fingerprint density at radius 2 is 2.24 bits per heavy atom. The Morgan fingerprint density at radius 3 is 2.95 bits per heavy atom. The first-order valence-electron chi connectivity index (χ1n) is 7.50. The molecule has 0 fully saturated rings. The van der Waals surface area contributed by atoms with E-state index in [0.717, 1.165) is 43.7 Å². The van der Waals surface area contributed by atoms with E-state index in [1.807, 2.05) is 25.5 Å². The highest BCUT2D eigenvalue weighted by Crippen LogP contribution is 2.28. The molecule has 1 aromatic carbocycles. The van der Waals surface area contributed by atoms with Crippen molar-refractivity contribution in [2.45, 2.75) is 26.2 Å². The summed E-state index contributed by atoms with van der Waals surface area (Å²) in [6.45, 7) is 3.68. The van der Waals surface area contributed by atoms with E-state index in [2.05, 4.69) is 26.6 Å². The van der Waals surface area contributed by atoms with Crippen LogP contribution in [0.3, 0.4) is 0 Å². The van der Waals surface area contributed by atoms with Gasteiger partial charge in [0.1, 0.15) is 5.82 Å². The molecule has 0 amide bonds. The number of benzene rings is 1. The molecule has 1 aliphatic heterocycles. The average molecular weight is 283 g/mol. The SMILES string of the molecule is CC(=O)c1ccc2c(c1)CCCN2CCc1nccn1C. The Bertz CT molecular complexity index is 660. The molecule has 0 radical (unpaired) electrons. The summed E-state index contributed by atoms with van der Waals surface area (Å²) < 4.78 is 2.07. The zero-order valence-corrected chi connectivity index (χ0v) is 12.7. The van der Waals surface area contributed by atoms with Crippen LogP contribution in [0.5, 0.6) is 0 Å². The molecule has 110 valence electrons. The molecule has 0 bridgehead atoms. The topological polar surface area (TPSA) is 38.1 Å². The summed E-state index contributed by atoms with van der Waals surface area (Å²) in [5.74, 6) is 1.26. The summed E-state index contributed by atoms with van der Waals surface area (Å²) in [4.78, 5) is 18.3. The highest BCUT2D eigenvalue weighted by atomic mass is 16.1. The first-order chi connectivity index (χ1) is 10.1. The third-order valence-corrected chi connectivity index (χ3v) is 4.23. The van der Waals surface area contributed by atoms with Gasteiger partial charge in [-0.3, -0.25) is 4.79 Å². The minimum atomic E-state index is 0.142. The van der Waals surface area contributed by atoms with Crippen LogP contribution in [0.2, 0.25) is 0 Å². The minimum absolute atomic E-state index is 0.142. The molecule has 3 rings (SSSR count). The van der Waals surface area contributed by atoms with Crippen LogP contribution in [0.15, 0.2) is 30.6 Å². The van der Waals surface area contributed by atoms with E-state index in [1.54, 1.807) is 6.92 Å². The van der Waals surface area contributed by atoms with Crippen molar-refractivity contribution in [3.8, 4) is 0 Å². The Hall–Kier alpha value is -2.10. The largest absolute Gasteiger partial charge is 0.371 e. The Kier molecular flexibility index (Phi) is 3.78. The molecular weight excluding hydrogens is 262 g/mol. The van der Waals surface area contributed by atoms with Crippen molar-refractivity contribution < 1.29 is 4.79 Å². The van der Waals surface area contributed by atoms with Crippen molar-refractivity contribution in [2.24, 2.45) is 7.05 Å². The van der Waals surface area contributed by atoms with Gasteiger partial charge in [-0.2, -0.15) is 0 Å². The van der Waals surface area contributed by atoms with Crippen LogP contribution in [0, 0.1) is 0 Å². The summed E-state index contributed by atoms with van der Waals surface area (Å²) in [7, 11) is 2.03. The molecule has 1 aromatic heterocycles. The number of ketones is 1. The van der Waals surface area contributed by atoms with Gasteiger partial charge < -0.3 is 9.47 Å². The second-order valence-electron chi connectivity index (χ2n) is 5.69. The van der Waals surface area contributed by atoms with Gasteiger partial charge in [0, 0.05) is 50.2 Å². The van der Waals surface area contributed by atoms with Crippen LogP contribution in [0.1, 0.15) is 35.1 Å². The van der Waals surface area contributed by atoms with Gasteiger partial charge in [-0.1, -0.05) is 0 Å². The Morgan fingerprint density at radius 1 is 1.38 bits per heavy atom. The molecule has 4 nitrogen and oxygen atoms in total. The molecule has 21 heavy (non-hydrogen) atoms. The number of Topliss-reactive ketones (excluding diaryl/α,β-unsaturated/α-hetero) is 1. The van der Waals surface area contributed by atoms with Crippen LogP contribution in [-0.2, 0) is 19.9 Å². The molecule has 2 heterocycles. The molecule has 0 N–H and O–H groups in total. The minimum Gasteiger partial charge on any atom is -0.371 e. The highest BCUT2D eigenvalue weighted by molar-refractivity contribution is 5.94. The van der Waals surface area contributed by atoms with Crippen LogP contribution >= 0.6 is 0 Å². The Labute approximate surface area is 125 Å². The van der Waals surface area contributed by atoms with Crippen molar-refractivity contribution >= 4 is 11.5 Å². The average Bonchev–Trinajstić information content (AvgIpc) is 2.89. The fraction of sp³-hybridized carbons (Fsp3) is 0.412. The van der Waals surface area contributed by atoms with Gasteiger partial charge in [0.2, 0.25) is 0 Å². The summed E-state index contributed by atoms with van der Waals surface area (Å²) in [5, 5.41) is 0. The molecule has 2 aromatic rings. The molecule has 0 saturated heterocycles. The van der Waals surface area contributed by atoms with Crippen molar-refractivity contribution in [3.63, 3.8) is 0 Å². The van der Waals surface area contributed by atoms with Gasteiger partial charge in [0.15, 0.2) is 5.78 Å². The number of aryl methyl sites for hydroxylation is 2. The zero-order chi connectivity index (χ0) is 14.8. The number of hydrogen-bond acceptors (Lipinski definition) is 3. The number of nitrogens with zero attached hydrogens (tertiary/aromatic N) is 3. The van der Waals surface area contributed by atoms with Crippen LogP contribution in [0.25, 0.3) is 0 Å². The lowest BCUT2D eigenvalue weighted by atomic mass is 9.98. The highest BCUT2D eigenvalue weighted by Gasteiger charge is 2.18. The van der Waals surface area contributed by atoms with E-state index in [-0.39, 0.29) is 5.78 Å². The third-order valence-electron chi connectivity index (χ3n) is 4.23. The first-order valence-corrected chi connectivity index (χ1v) is 7.50. The Balaban J connectivity index is 1.77. The van der Waals surface area contributed by atoms with Gasteiger partial charge in [0.25, 0.3) is 0 Å². The second-order valence-corrected chi connectivity index (χ2v) is 5.69. The van der Waals surface area contributed by atoms with E-state index >= 15 is 0 Å². The smallest absolute Gasteiger partial charge is 0.159 e. The van der Waals surface area contributed by atoms with Gasteiger partial charge >= 0.3 is 0 Å². The number of anilines is 1. The molecule has 0 unspecified atom stereocenters. The van der Waals surface area contributed by atoms with Crippen LogP contribution < -0.4 is 4.90 Å². The van der Waals surface area contributed by atoms with Gasteiger partial charge in [-0.25, -0.2) is 4.98 Å². The number of carbonyl (C=O) groups is 1. The standard InChI is InChI=1S/C17H21N3O/c1-13(21)14-5-6-16-15(12-14)4-3-9-20(16)10-7-17-18-8-11-19(17)2/h5-6,8,11-12H,3-4,7,9-10H2,1-2H3. The van der Waals surface area contributed by atoms with E-state index in [9.17, 15) is 4.79 Å². The number of rotatable bonds is 4. The van der Waals surface area contributed by atoms with E-state index in [1.165, 1.54) is 11.3 Å². The summed E-state index contributed by atoms with van der Waals surface area (Å²) >= 11 is 0. The lowest BCUT2D eigenvalue weighted by Crippen LogP contribution is -2.31. The zero-order valence-electron chi connectivity index (χ0n) is 12.7. The van der Waals surface area contributed by atoms with Crippen molar-refractivity contribution in [1.29, 1.82) is 0 Å². The second kappa shape index (κ2) is 5.72. The predicted octanol–water partition coefficient (Wildman–Crippen LogP) is 2.62. The monoisotopic (exact) mass is 283 g/mol. The molecule has 1 aliphatic rings. The van der Waals surface area contributed by atoms with Crippen LogP contribution in [0.4, 0.5) is 5.69 Å². The fourth-order valence-corrected chi connectivity index (χ4v) is 3.00. The quantitative estimate of drug-likeness (QED) is 0.810. The third kappa shape index (κ3) is 2.84. The molecule has 0 atom stereocenters. The molecule has 4 heteroatoms. The number of hydrogen-bond donors (Lipinski definition) is 0. The van der Waals surface area contributed by atoms with Gasteiger partial charge in [-0.05, 0) is 43.5 Å². The van der Waals surface area contributed by atoms with Gasteiger partial charge in [0.05, 0.1) is 0 Å². The maximum atomic E-state index is 11.5. The fourth-order valence-electron chi connectivity index (χ4n) is 3.00. The van der Waals surface area contributed by atoms with Crippen molar-refractivity contribution in [3.05, 3.63) is 47.5 Å². The molecular formula is C17H21N3O. The molecule has 0 saturated carbocycles. The maximum Gasteiger partial charge on any atom is 0.159 e. The number of aromatic nitrogens is 2. The van der Waals surface area contributed by atoms with Crippen molar-refractivity contribution in [1.82, 2.24) is 9.55 Å². The predicted molar refractivity (Wildman–Crippen MR) is 83.9 cm³/mol. The summed E-state index contributed by atoms with van der Waals surface area (Å²) in [6, 6.07) is 6.11. The van der Waals surface area contributed by atoms with Crippen molar-refractivity contribution in [2.75, 3.05) is 18.0 Å². The molecule has 0 aliphatic carbocycles. The lowest BCUT2D eigenvalue weighted by molar-refractivity contribution is 0.101. The number of imidazole rings is 1. The summed E-state index contributed by atoms with van der Waals surface area (Å²) in [5.41, 5.74) is 3.40. The van der Waals surface area contributed by atoms with Gasteiger partial charge in [-0.15, -0.1) is 0 Å².